The molecular weight excluding hydrogens is 214 g/mol. The largest absolute Gasteiger partial charge is 0.337 e. The van der Waals surface area contributed by atoms with Crippen LogP contribution in [0.15, 0.2) is 30.3 Å². The molecule has 1 saturated heterocycles. The van der Waals surface area contributed by atoms with Crippen molar-refractivity contribution in [1.29, 1.82) is 0 Å². The first-order valence-corrected chi connectivity index (χ1v) is 6.05. The minimum Gasteiger partial charge on any atom is -0.337 e. The number of amides is 1. The van der Waals surface area contributed by atoms with E-state index in [1.54, 1.807) is 4.90 Å². The fourth-order valence-electron chi connectivity index (χ4n) is 2.19. The molecule has 2 rings (SSSR count). The Morgan fingerprint density at radius 2 is 1.94 bits per heavy atom. The van der Waals surface area contributed by atoms with E-state index in [2.05, 4.69) is 0 Å². The van der Waals surface area contributed by atoms with Gasteiger partial charge in [-0.3, -0.25) is 9.59 Å². The molecule has 3 nitrogen and oxygen atoms in total. The number of likely N-dealkylation sites (tertiary alicyclic amines) is 1. The summed E-state index contributed by atoms with van der Waals surface area (Å²) in [5.74, 6) is 0.0850. The van der Waals surface area contributed by atoms with Gasteiger partial charge < -0.3 is 4.90 Å². The summed E-state index contributed by atoms with van der Waals surface area (Å²) >= 11 is 0. The van der Waals surface area contributed by atoms with E-state index in [1.807, 2.05) is 37.3 Å². The molecule has 90 valence electrons. The molecule has 0 bridgehead atoms. The van der Waals surface area contributed by atoms with E-state index >= 15 is 0 Å². The first-order valence-electron chi connectivity index (χ1n) is 6.05. The molecule has 0 aliphatic carbocycles. The number of piperidine rings is 1. The molecule has 1 unspecified atom stereocenters. The van der Waals surface area contributed by atoms with Crippen LogP contribution < -0.4 is 0 Å². The second-order valence-electron chi connectivity index (χ2n) is 4.51. The summed E-state index contributed by atoms with van der Waals surface area (Å²) in [5, 5.41) is 0. The maximum atomic E-state index is 11.8. The van der Waals surface area contributed by atoms with Crippen LogP contribution in [0.4, 0.5) is 0 Å². The second kappa shape index (κ2) is 5.13. The zero-order valence-corrected chi connectivity index (χ0v) is 10.1. The van der Waals surface area contributed by atoms with Gasteiger partial charge in [0.2, 0.25) is 5.91 Å². The average Bonchev–Trinajstić information content (AvgIpc) is 2.34. The van der Waals surface area contributed by atoms with Crippen molar-refractivity contribution in [3.05, 3.63) is 35.9 Å². The Hall–Kier alpha value is -1.64. The third-order valence-corrected chi connectivity index (χ3v) is 3.28. The predicted octanol–water partition coefficient (Wildman–Crippen LogP) is 2.01. The Morgan fingerprint density at radius 3 is 2.59 bits per heavy atom. The molecule has 0 spiro atoms. The van der Waals surface area contributed by atoms with E-state index in [-0.39, 0.29) is 24.0 Å². The third kappa shape index (κ3) is 2.73. The number of hydrogen-bond donors (Lipinski definition) is 0. The number of hydrogen-bond acceptors (Lipinski definition) is 2. The monoisotopic (exact) mass is 231 g/mol. The minimum absolute atomic E-state index is 0.0245. The van der Waals surface area contributed by atoms with Crippen LogP contribution in [0.25, 0.3) is 0 Å². The van der Waals surface area contributed by atoms with Crippen molar-refractivity contribution in [3.8, 4) is 0 Å². The first kappa shape index (κ1) is 11.8. The molecule has 3 heteroatoms. The van der Waals surface area contributed by atoms with Gasteiger partial charge in [0.15, 0.2) is 0 Å². The van der Waals surface area contributed by atoms with E-state index < -0.39 is 0 Å². The number of carbonyl (C=O) groups is 2. The summed E-state index contributed by atoms with van der Waals surface area (Å²) in [7, 11) is 0. The van der Waals surface area contributed by atoms with Crippen molar-refractivity contribution in [1.82, 2.24) is 4.90 Å². The lowest BCUT2D eigenvalue weighted by Gasteiger charge is -2.31. The van der Waals surface area contributed by atoms with Gasteiger partial charge in [-0.15, -0.1) is 0 Å². The van der Waals surface area contributed by atoms with E-state index in [0.717, 1.165) is 12.0 Å². The van der Waals surface area contributed by atoms with Crippen molar-refractivity contribution in [2.45, 2.75) is 26.3 Å². The van der Waals surface area contributed by atoms with E-state index in [0.29, 0.717) is 13.1 Å². The second-order valence-corrected chi connectivity index (χ2v) is 4.51. The molecule has 17 heavy (non-hydrogen) atoms. The van der Waals surface area contributed by atoms with Crippen LogP contribution in [-0.4, -0.2) is 23.1 Å². The molecule has 0 N–H and O–H groups in total. The molecule has 0 aromatic heterocycles. The molecule has 1 amide bonds. The number of ketones is 1. The molecule has 1 heterocycles. The van der Waals surface area contributed by atoms with Gasteiger partial charge >= 0.3 is 0 Å². The van der Waals surface area contributed by atoms with Gasteiger partial charge in [0.1, 0.15) is 5.78 Å². The molecule has 1 aromatic rings. The van der Waals surface area contributed by atoms with Gasteiger partial charge in [-0.25, -0.2) is 0 Å². The van der Waals surface area contributed by atoms with Gasteiger partial charge in [-0.1, -0.05) is 37.3 Å². The number of carbonyl (C=O) groups excluding carboxylic acids is 2. The SMILES string of the molecule is CCC1CN(Cc2ccccc2)C(=O)CC1=O. The molecule has 1 fully saturated rings. The smallest absolute Gasteiger partial charge is 0.230 e. The van der Waals surface area contributed by atoms with Crippen LogP contribution in [-0.2, 0) is 16.1 Å². The minimum atomic E-state index is -0.0384. The standard InChI is InChI=1S/C14H17NO2/c1-2-12-10-15(14(17)8-13(12)16)9-11-6-4-3-5-7-11/h3-7,12H,2,8-10H2,1H3. The highest BCUT2D eigenvalue weighted by Gasteiger charge is 2.30. The lowest BCUT2D eigenvalue weighted by atomic mass is 9.93. The highest BCUT2D eigenvalue weighted by molar-refractivity contribution is 6.01. The van der Waals surface area contributed by atoms with Crippen molar-refractivity contribution >= 4 is 11.7 Å². The Bertz CT molecular complexity index is 413. The van der Waals surface area contributed by atoms with E-state index in [1.165, 1.54) is 0 Å². The van der Waals surface area contributed by atoms with Gasteiger partial charge in [0, 0.05) is 19.0 Å². The van der Waals surface area contributed by atoms with Gasteiger partial charge in [0.25, 0.3) is 0 Å². The van der Waals surface area contributed by atoms with Crippen molar-refractivity contribution in [3.63, 3.8) is 0 Å². The predicted molar refractivity (Wildman–Crippen MR) is 65.3 cm³/mol. The highest BCUT2D eigenvalue weighted by atomic mass is 16.2. The molecular formula is C14H17NO2. The van der Waals surface area contributed by atoms with Gasteiger partial charge in [0.05, 0.1) is 6.42 Å². The third-order valence-electron chi connectivity index (χ3n) is 3.28. The number of benzene rings is 1. The van der Waals surface area contributed by atoms with Crippen molar-refractivity contribution in [2.75, 3.05) is 6.54 Å². The van der Waals surface area contributed by atoms with Gasteiger partial charge in [-0.05, 0) is 12.0 Å². The Kier molecular flexibility index (Phi) is 3.57. The Labute approximate surface area is 101 Å². The lowest BCUT2D eigenvalue weighted by Crippen LogP contribution is -2.44. The number of rotatable bonds is 3. The fraction of sp³-hybridized carbons (Fsp3) is 0.429. The first-order chi connectivity index (χ1) is 8.20. The lowest BCUT2D eigenvalue weighted by molar-refractivity contribution is -0.143. The summed E-state index contributed by atoms with van der Waals surface area (Å²) in [5.41, 5.74) is 1.12. The normalized spacial score (nSPS) is 20.8. The molecule has 1 aliphatic heterocycles. The van der Waals surface area contributed by atoms with Crippen LogP contribution in [0.2, 0.25) is 0 Å². The van der Waals surface area contributed by atoms with Crippen LogP contribution in [0.3, 0.4) is 0 Å². The van der Waals surface area contributed by atoms with Crippen molar-refractivity contribution < 1.29 is 9.59 Å². The van der Waals surface area contributed by atoms with Crippen LogP contribution in [0.1, 0.15) is 25.3 Å². The molecule has 1 atom stereocenters. The molecule has 0 radical (unpaired) electrons. The topological polar surface area (TPSA) is 37.4 Å². The number of nitrogens with zero attached hydrogens (tertiary/aromatic N) is 1. The van der Waals surface area contributed by atoms with Crippen LogP contribution in [0, 0.1) is 5.92 Å². The van der Waals surface area contributed by atoms with E-state index in [9.17, 15) is 9.59 Å². The molecule has 0 saturated carbocycles. The molecule has 1 aliphatic rings. The van der Waals surface area contributed by atoms with Gasteiger partial charge in [-0.2, -0.15) is 0 Å². The highest BCUT2D eigenvalue weighted by Crippen LogP contribution is 2.19. The Morgan fingerprint density at radius 1 is 1.24 bits per heavy atom. The summed E-state index contributed by atoms with van der Waals surface area (Å²) in [6.07, 6.45) is 0.892. The Balaban J connectivity index is 2.05. The molecule has 1 aromatic carbocycles. The summed E-state index contributed by atoms with van der Waals surface area (Å²) in [6, 6.07) is 9.90. The quantitative estimate of drug-likeness (QED) is 0.746. The summed E-state index contributed by atoms with van der Waals surface area (Å²) in [4.78, 5) is 25.2. The zero-order chi connectivity index (χ0) is 12.3. The summed E-state index contributed by atoms with van der Waals surface area (Å²) < 4.78 is 0. The fourth-order valence-corrected chi connectivity index (χ4v) is 2.19. The van der Waals surface area contributed by atoms with Crippen molar-refractivity contribution in [2.24, 2.45) is 5.92 Å². The maximum absolute atomic E-state index is 11.8. The van der Waals surface area contributed by atoms with E-state index in [4.69, 9.17) is 0 Å². The van der Waals surface area contributed by atoms with Crippen LogP contribution in [0.5, 0.6) is 0 Å². The maximum Gasteiger partial charge on any atom is 0.230 e. The average molecular weight is 231 g/mol. The van der Waals surface area contributed by atoms with Crippen LogP contribution >= 0.6 is 0 Å². The zero-order valence-electron chi connectivity index (χ0n) is 10.1. The summed E-state index contributed by atoms with van der Waals surface area (Å²) in [6.45, 7) is 3.19. The number of Topliss-reactive ketones (excluding diaryl/α,β-unsaturated/α-hetero) is 1.